The third-order valence-corrected chi connectivity index (χ3v) is 2.05. The molecule has 0 unspecified atom stereocenters. The average Bonchev–Trinajstić information content (AvgIpc) is 1.88. The third-order valence-electron chi connectivity index (χ3n) is 1.00. The van der Waals surface area contributed by atoms with E-state index in [9.17, 15) is 4.79 Å². The highest BCUT2D eigenvalue weighted by Gasteiger charge is 2.13. The van der Waals surface area contributed by atoms with Crippen LogP contribution in [0.4, 0.5) is 0 Å². The Kier molecular flexibility index (Phi) is 1.96. The number of hydrogen-bond donors (Lipinski definition) is 2. The molecule has 4 N–H and O–H groups in total. The van der Waals surface area contributed by atoms with Crippen molar-refractivity contribution in [3.8, 4) is 0 Å². The van der Waals surface area contributed by atoms with E-state index >= 15 is 0 Å². The van der Waals surface area contributed by atoms with Gasteiger partial charge in [-0.2, -0.15) is 4.99 Å². The molecule has 54 valence electrons. The SMILES string of the molecule is N/C=C1/SCC(=O)N=C1N. The van der Waals surface area contributed by atoms with Gasteiger partial charge in [-0.25, -0.2) is 0 Å². The first kappa shape index (κ1) is 7.14. The van der Waals surface area contributed by atoms with E-state index in [4.69, 9.17) is 11.5 Å². The monoisotopic (exact) mass is 157 g/mol. The molecule has 0 aliphatic carbocycles. The molecule has 0 aromatic heterocycles. The Labute approximate surface area is 62.4 Å². The molecule has 0 aromatic carbocycles. The molecule has 0 atom stereocenters. The van der Waals surface area contributed by atoms with Crippen LogP contribution in [0.3, 0.4) is 0 Å². The second-order valence-electron chi connectivity index (χ2n) is 1.71. The molecule has 0 bridgehead atoms. The van der Waals surface area contributed by atoms with Crippen molar-refractivity contribution in [2.45, 2.75) is 0 Å². The van der Waals surface area contributed by atoms with Gasteiger partial charge in [0.2, 0.25) is 0 Å². The number of aliphatic imine (C=N–C) groups is 1. The van der Waals surface area contributed by atoms with E-state index in [1.165, 1.54) is 18.0 Å². The summed E-state index contributed by atoms with van der Waals surface area (Å²) in [5.74, 6) is 0.362. The van der Waals surface area contributed by atoms with Crippen LogP contribution < -0.4 is 11.5 Å². The minimum Gasteiger partial charge on any atom is -0.404 e. The fourth-order valence-corrected chi connectivity index (χ4v) is 1.20. The van der Waals surface area contributed by atoms with Crippen LogP contribution in [0.5, 0.6) is 0 Å². The summed E-state index contributed by atoms with van der Waals surface area (Å²) in [6, 6.07) is 0. The van der Waals surface area contributed by atoms with Gasteiger partial charge in [0.1, 0.15) is 5.84 Å². The maximum Gasteiger partial charge on any atom is 0.258 e. The van der Waals surface area contributed by atoms with E-state index in [2.05, 4.69) is 4.99 Å². The highest BCUT2D eigenvalue weighted by molar-refractivity contribution is 8.04. The Morgan fingerprint density at radius 1 is 1.70 bits per heavy atom. The van der Waals surface area contributed by atoms with Crippen LogP contribution >= 0.6 is 11.8 Å². The maximum atomic E-state index is 10.6. The molecule has 4 nitrogen and oxygen atoms in total. The lowest BCUT2D eigenvalue weighted by molar-refractivity contribution is -0.115. The quantitative estimate of drug-likeness (QED) is 0.492. The van der Waals surface area contributed by atoms with Crippen molar-refractivity contribution in [1.29, 1.82) is 0 Å². The summed E-state index contributed by atoms with van der Waals surface area (Å²) in [5, 5.41) is 0. The lowest BCUT2D eigenvalue weighted by atomic mass is 10.5. The minimum absolute atomic E-state index is 0.201. The van der Waals surface area contributed by atoms with Crippen molar-refractivity contribution < 1.29 is 4.79 Å². The fraction of sp³-hybridized carbons (Fsp3) is 0.200. The van der Waals surface area contributed by atoms with E-state index < -0.39 is 0 Å². The second kappa shape index (κ2) is 2.74. The fourth-order valence-electron chi connectivity index (χ4n) is 0.569. The van der Waals surface area contributed by atoms with E-state index in [0.29, 0.717) is 10.7 Å². The zero-order valence-corrected chi connectivity index (χ0v) is 6.02. The first-order valence-corrected chi connectivity index (χ1v) is 3.64. The van der Waals surface area contributed by atoms with Crippen LogP contribution in [0.1, 0.15) is 0 Å². The summed E-state index contributed by atoms with van der Waals surface area (Å²) in [6.07, 6.45) is 1.36. The van der Waals surface area contributed by atoms with E-state index in [-0.39, 0.29) is 11.7 Å². The van der Waals surface area contributed by atoms with Gasteiger partial charge in [0.05, 0.1) is 10.7 Å². The van der Waals surface area contributed by atoms with Crippen molar-refractivity contribution >= 4 is 23.5 Å². The molecule has 1 aliphatic heterocycles. The van der Waals surface area contributed by atoms with Crippen molar-refractivity contribution in [3.63, 3.8) is 0 Å². The van der Waals surface area contributed by atoms with Crippen molar-refractivity contribution in [3.05, 3.63) is 11.1 Å². The lowest BCUT2D eigenvalue weighted by Gasteiger charge is -2.08. The highest BCUT2D eigenvalue weighted by Crippen LogP contribution is 2.18. The number of nitrogens with two attached hydrogens (primary N) is 2. The highest BCUT2D eigenvalue weighted by atomic mass is 32.2. The molecule has 1 heterocycles. The lowest BCUT2D eigenvalue weighted by Crippen LogP contribution is -2.21. The van der Waals surface area contributed by atoms with Gasteiger partial charge in [-0.15, -0.1) is 11.8 Å². The molecule has 0 spiro atoms. The predicted octanol–water partition coefficient (Wildman–Crippen LogP) is -0.583. The molecule has 0 fully saturated rings. The molecule has 0 saturated heterocycles. The molecular formula is C5H7N3OS. The van der Waals surface area contributed by atoms with Gasteiger partial charge < -0.3 is 11.5 Å². The minimum atomic E-state index is -0.201. The zero-order valence-electron chi connectivity index (χ0n) is 5.20. The Morgan fingerprint density at radius 2 is 2.40 bits per heavy atom. The van der Waals surface area contributed by atoms with Crippen molar-refractivity contribution in [2.24, 2.45) is 16.5 Å². The summed E-state index contributed by atoms with van der Waals surface area (Å²) in [6.45, 7) is 0. The average molecular weight is 157 g/mol. The largest absolute Gasteiger partial charge is 0.404 e. The number of rotatable bonds is 0. The molecule has 0 saturated carbocycles. The van der Waals surface area contributed by atoms with Crippen LogP contribution in [-0.4, -0.2) is 17.5 Å². The van der Waals surface area contributed by atoms with Gasteiger partial charge in [0.15, 0.2) is 0 Å². The van der Waals surface area contributed by atoms with E-state index in [0.717, 1.165) is 0 Å². The van der Waals surface area contributed by atoms with Crippen LogP contribution in [0, 0.1) is 0 Å². The van der Waals surface area contributed by atoms with Gasteiger partial charge in [0.25, 0.3) is 5.91 Å². The standard InChI is InChI=1S/C5H7N3OS/c6-1-3-5(7)8-4(9)2-10-3/h1H,2,6H2,(H2,7,8,9)/b3-1+. The molecule has 1 rings (SSSR count). The first-order chi connectivity index (χ1) is 4.74. The normalized spacial score (nSPS) is 23.0. The summed E-state index contributed by atoms with van der Waals surface area (Å²) < 4.78 is 0. The number of carbonyl (C=O) groups excluding carboxylic acids is 1. The Morgan fingerprint density at radius 3 is 2.90 bits per heavy atom. The molecule has 1 aliphatic rings. The Bertz CT molecular complexity index is 221. The van der Waals surface area contributed by atoms with Crippen LogP contribution in [0.2, 0.25) is 0 Å². The number of amidine groups is 1. The number of hydrogen-bond acceptors (Lipinski definition) is 4. The number of thioether (sulfide) groups is 1. The van der Waals surface area contributed by atoms with Gasteiger partial charge in [-0.3, -0.25) is 4.79 Å². The topological polar surface area (TPSA) is 81.5 Å². The van der Waals surface area contributed by atoms with Crippen molar-refractivity contribution in [1.82, 2.24) is 0 Å². The van der Waals surface area contributed by atoms with Gasteiger partial charge >= 0.3 is 0 Å². The molecule has 0 aromatic rings. The smallest absolute Gasteiger partial charge is 0.258 e. The van der Waals surface area contributed by atoms with Crippen LogP contribution in [-0.2, 0) is 4.79 Å². The Hall–Kier alpha value is -0.970. The maximum absolute atomic E-state index is 10.6. The van der Waals surface area contributed by atoms with E-state index in [1.54, 1.807) is 0 Å². The summed E-state index contributed by atoms with van der Waals surface area (Å²) >= 11 is 1.31. The second-order valence-corrected chi connectivity index (χ2v) is 2.73. The van der Waals surface area contributed by atoms with Gasteiger partial charge in [0, 0.05) is 6.20 Å². The third kappa shape index (κ3) is 1.30. The summed E-state index contributed by atoms with van der Waals surface area (Å²) in [7, 11) is 0. The van der Waals surface area contributed by atoms with Crippen molar-refractivity contribution in [2.75, 3.05) is 5.75 Å². The first-order valence-electron chi connectivity index (χ1n) is 2.66. The molecule has 1 amide bonds. The molecule has 5 heteroatoms. The van der Waals surface area contributed by atoms with Crippen LogP contribution in [0.15, 0.2) is 16.1 Å². The summed E-state index contributed by atoms with van der Waals surface area (Å²) in [5.41, 5.74) is 10.5. The predicted molar refractivity (Wildman–Crippen MR) is 41.4 cm³/mol. The van der Waals surface area contributed by atoms with Crippen LogP contribution in [0.25, 0.3) is 0 Å². The summed E-state index contributed by atoms with van der Waals surface area (Å²) in [4.78, 5) is 14.8. The molecular weight excluding hydrogens is 150 g/mol. The zero-order chi connectivity index (χ0) is 7.56. The number of amides is 1. The molecule has 0 radical (unpaired) electrons. The number of carbonyl (C=O) groups is 1. The molecule has 10 heavy (non-hydrogen) atoms. The van der Waals surface area contributed by atoms with Gasteiger partial charge in [-0.1, -0.05) is 0 Å². The number of nitrogens with zero attached hydrogens (tertiary/aromatic N) is 1. The van der Waals surface area contributed by atoms with Gasteiger partial charge in [-0.05, 0) is 0 Å². The Balaban J connectivity index is 2.87. The van der Waals surface area contributed by atoms with E-state index in [1.807, 2.05) is 0 Å².